The van der Waals surface area contributed by atoms with Crippen LogP contribution in [-0.4, -0.2) is 43.6 Å². The number of hydrogen-bond acceptors (Lipinski definition) is 3. The third-order valence-electron chi connectivity index (χ3n) is 3.13. The van der Waals surface area contributed by atoms with E-state index in [-0.39, 0.29) is 12.1 Å². The molecule has 0 spiro atoms. The molecule has 0 fully saturated rings. The lowest BCUT2D eigenvalue weighted by atomic mass is 10.1. The monoisotopic (exact) mass is 250 g/mol. The predicted molar refractivity (Wildman–Crippen MR) is 72.9 cm³/mol. The van der Waals surface area contributed by atoms with Gasteiger partial charge in [-0.2, -0.15) is 0 Å². The Morgan fingerprint density at radius 1 is 1.28 bits per heavy atom. The van der Waals surface area contributed by atoms with E-state index < -0.39 is 0 Å². The molecule has 0 aliphatic heterocycles. The van der Waals surface area contributed by atoms with Crippen molar-refractivity contribution < 1.29 is 9.53 Å². The second kappa shape index (κ2) is 6.40. The Bertz CT molecular complexity index is 405. The fourth-order valence-electron chi connectivity index (χ4n) is 1.50. The fraction of sp³-hybridized carbons (Fsp3) is 0.500. The Kier molecular flexibility index (Phi) is 5.16. The number of rotatable bonds is 4. The minimum Gasteiger partial charge on any atom is -0.410 e. The molecule has 4 heteroatoms. The van der Waals surface area contributed by atoms with Crippen molar-refractivity contribution in [2.24, 2.45) is 0 Å². The summed E-state index contributed by atoms with van der Waals surface area (Å²) in [4.78, 5) is 15.4. The first kappa shape index (κ1) is 14.5. The molecule has 4 nitrogen and oxygen atoms in total. The number of nitrogens with zero attached hydrogens (tertiary/aromatic N) is 2. The van der Waals surface area contributed by atoms with Crippen LogP contribution in [0.15, 0.2) is 24.3 Å². The van der Waals surface area contributed by atoms with E-state index in [1.54, 1.807) is 7.05 Å². The minimum atomic E-state index is -0.323. The van der Waals surface area contributed by atoms with Crippen LogP contribution >= 0.6 is 0 Å². The summed E-state index contributed by atoms with van der Waals surface area (Å²) in [6, 6.07) is 7.84. The van der Waals surface area contributed by atoms with Gasteiger partial charge in [-0.1, -0.05) is 18.2 Å². The maximum atomic E-state index is 11.8. The van der Waals surface area contributed by atoms with E-state index in [0.29, 0.717) is 12.3 Å². The van der Waals surface area contributed by atoms with Gasteiger partial charge in [0.25, 0.3) is 0 Å². The summed E-state index contributed by atoms with van der Waals surface area (Å²) in [6.45, 7) is 4.62. The van der Waals surface area contributed by atoms with Crippen molar-refractivity contribution in [2.45, 2.75) is 19.9 Å². The number of amides is 1. The molecule has 18 heavy (non-hydrogen) atoms. The first-order valence-electron chi connectivity index (χ1n) is 6.15. The predicted octanol–water partition coefficient (Wildman–Crippen LogP) is 2.76. The minimum absolute atomic E-state index is 0.195. The third-order valence-corrected chi connectivity index (χ3v) is 3.13. The van der Waals surface area contributed by atoms with Gasteiger partial charge in [-0.25, -0.2) is 4.79 Å². The topological polar surface area (TPSA) is 32.8 Å². The summed E-state index contributed by atoms with van der Waals surface area (Å²) >= 11 is 0. The highest BCUT2D eigenvalue weighted by Gasteiger charge is 2.16. The normalized spacial score (nSPS) is 12.3. The molecule has 1 rings (SSSR count). The van der Waals surface area contributed by atoms with Crippen molar-refractivity contribution in [3.8, 4) is 5.75 Å². The standard InChI is InChI=1S/C14H22N2O2/c1-6-16(5)14(17)18-13-10-8-7-9-12(13)11(2)15(3)4/h7-11H,6H2,1-5H3. The van der Waals surface area contributed by atoms with Crippen LogP contribution in [0.4, 0.5) is 4.79 Å². The molecule has 0 N–H and O–H groups in total. The molecule has 1 atom stereocenters. The van der Waals surface area contributed by atoms with Gasteiger partial charge in [-0.3, -0.25) is 0 Å². The highest BCUT2D eigenvalue weighted by Crippen LogP contribution is 2.27. The molecule has 0 bridgehead atoms. The van der Waals surface area contributed by atoms with Crippen LogP contribution < -0.4 is 4.74 Å². The molecule has 0 aromatic heterocycles. The molecule has 1 unspecified atom stereocenters. The van der Waals surface area contributed by atoms with Crippen LogP contribution in [0.25, 0.3) is 0 Å². The van der Waals surface area contributed by atoms with E-state index in [1.165, 1.54) is 4.90 Å². The smallest absolute Gasteiger partial charge is 0.410 e. The molecular weight excluding hydrogens is 228 g/mol. The van der Waals surface area contributed by atoms with E-state index >= 15 is 0 Å². The number of hydrogen-bond donors (Lipinski definition) is 0. The maximum Gasteiger partial charge on any atom is 0.414 e. The molecule has 0 aliphatic carbocycles. The highest BCUT2D eigenvalue weighted by atomic mass is 16.6. The maximum absolute atomic E-state index is 11.8. The molecule has 1 aromatic carbocycles. The van der Waals surface area contributed by atoms with Crippen molar-refractivity contribution >= 4 is 6.09 Å². The molecule has 100 valence electrons. The summed E-state index contributed by atoms with van der Waals surface area (Å²) in [5, 5.41) is 0. The molecule has 1 aromatic rings. The molecule has 1 amide bonds. The zero-order valence-corrected chi connectivity index (χ0v) is 11.8. The molecular formula is C14H22N2O2. The Morgan fingerprint density at radius 2 is 1.89 bits per heavy atom. The van der Waals surface area contributed by atoms with Gasteiger partial charge in [0.15, 0.2) is 0 Å². The van der Waals surface area contributed by atoms with Crippen molar-refractivity contribution in [3.05, 3.63) is 29.8 Å². The zero-order valence-electron chi connectivity index (χ0n) is 11.8. The largest absolute Gasteiger partial charge is 0.414 e. The van der Waals surface area contributed by atoms with Gasteiger partial charge in [0, 0.05) is 25.2 Å². The second-order valence-electron chi connectivity index (χ2n) is 4.56. The van der Waals surface area contributed by atoms with Crippen molar-refractivity contribution in [2.75, 3.05) is 27.7 Å². The van der Waals surface area contributed by atoms with Crippen LogP contribution in [-0.2, 0) is 0 Å². The van der Waals surface area contributed by atoms with E-state index in [4.69, 9.17) is 4.74 Å². The van der Waals surface area contributed by atoms with Crippen molar-refractivity contribution in [1.82, 2.24) is 9.80 Å². The highest BCUT2D eigenvalue weighted by molar-refractivity contribution is 5.70. The van der Waals surface area contributed by atoms with E-state index in [1.807, 2.05) is 45.3 Å². The SMILES string of the molecule is CCN(C)C(=O)Oc1ccccc1C(C)N(C)C. The van der Waals surface area contributed by atoms with Crippen molar-refractivity contribution in [1.29, 1.82) is 0 Å². The van der Waals surface area contributed by atoms with Gasteiger partial charge < -0.3 is 14.5 Å². The Labute approximate surface area is 109 Å². The summed E-state index contributed by atoms with van der Waals surface area (Å²) in [7, 11) is 5.73. The van der Waals surface area contributed by atoms with E-state index in [9.17, 15) is 4.79 Å². The lowest BCUT2D eigenvalue weighted by molar-refractivity contribution is 0.163. The third kappa shape index (κ3) is 3.47. The number of ether oxygens (including phenoxy) is 1. The molecule has 0 heterocycles. The zero-order chi connectivity index (χ0) is 13.7. The number of carbonyl (C=O) groups excluding carboxylic acids is 1. The first-order chi connectivity index (χ1) is 8.47. The summed E-state index contributed by atoms with van der Waals surface area (Å²) < 4.78 is 5.43. The molecule has 0 aliphatic rings. The van der Waals surface area contributed by atoms with Crippen LogP contribution in [0.1, 0.15) is 25.5 Å². The molecule has 0 saturated heterocycles. The lowest BCUT2D eigenvalue weighted by Crippen LogP contribution is -2.30. The van der Waals surface area contributed by atoms with Gasteiger partial charge in [0.1, 0.15) is 5.75 Å². The number of benzene rings is 1. The van der Waals surface area contributed by atoms with E-state index in [0.717, 1.165) is 5.56 Å². The number of carbonyl (C=O) groups is 1. The number of para-hydroxylation sites is 1. The molecule has 0 radical (unpaired) electrons. The van der Waals surface area contributed by atoms with Gasteiger partial charge in [-0.15, -0.1) is 0 Å². The van der Waals surface area contributed by atoms with Crippen LogP contribution in [0.5, 0.6) is 5.75 Å². The van der Waals surface area contributed by atoms with Gasteiger partial charge in [-0.05, 0) is 34.0 Å². The fourth-order valence-corrected chi connectivity index (χ4v) is 1.50. The summed E-state index contributed by atoms with van der Waals surface area (Å²) in [5.74, 6) is 0.629. The first-order valence-corrected chi connectivity index (χ1v) is 6.15. The Balaban J connectivity index is 2.92. The van der Waals surface area contributed by atoms with Crippen LogP contribution in [0.3, 0.4) is 0 Å². The molecule has 0 saturated carbocycles. The average Bonchev–Trinajstić information content (AvgIpc) is 2.37. The lowest BCUT2D eigenvalue weighted by Gasteiger charge is -2.23. The Morgan fingerprint density at radius 3 is 2.44 bits per heavy atom. The van der Waals surface area contributed by atoms with Gasteiger partial charge >= 0.3 is 6.09 Å². The summed E-state index contributed by atoms with van der Waals surface area (Å²) in [6.07, 6.45) is -0.323. The average molecular weight is 250 g/mol. The van der Waals surface area contributed by atoms with Gasteiger partial charge in [0.2, 0.25) is 0 Å². The van der Waals surface area contributed by atoms with Crippen molar-refractivity contribution in [3.63, 3.8) is 0 Å². The summed E-state index contributed by atoms with van der Waals surface area (Å²) in [5.41, 5.74) is 1.01. The van der Waals surface area contributed by atoms with Crippen LogP contribution in [0.2, 0.25) is 0 Å². The quantitative estimate of drug-likeness (QED) is 0.823. The van der Waals surface area contributed by atoms with Gasteiger partial charge in [0.05, 0.1) is 0 Å². The van der Waals surface area contributed by atoms with Crippen LogP contribution in [0, 0.1) is 0 Å². The Hall–Kier alpha value is -1.55. The van der Waals surface area contributed by atoms with E-state index in [2.05, 4.69) is 11.8 Å². The second-order valence-corrected chi connectivity index (χ2v) is 4.56.